The summed E-state index contributed by atoms with van der Waals surface area (Å²) in [5, 5.41) is 13.2. The second-order valence-corrected chi connectivity index (χ2v) is 4.00. The van der Waals surface area contributed by atoms with Gasteiger partial charge in [0.1, 0.15) is 17.8 Å². The van der Waals surface area contributed by atoms with Gasteiger partial charge >= 0.3 is 0 Å². The van der Waals surface area contributed by atoms with Crippen molar-refractivity contribution in [1.29, 1.82) is 0 Å². The molecule has 0 aliphatic carbocycles. The number of aromatic nitrogens is 2. The smallest absolute Gasteiger partial charge is 0.288 e. The molecule has 20 heavy (non-hydrogen) atoms. The van der Waals surface area contributed by atoms with Crippen LogP contribution in [0.2, 0.25) is 0 Å². The summed E-state index contributed by atoms with van der Waals surface area (Å²) < 4.78 is 0. The van der Waals surface area contributed by atoms with E-state index in [1.54, 1.807) is 25.1 Å². The van der Waals surface area contributed by atoms with Gasteiger partial charge in [-0.05, 0) is 19.1 Å². The average molecular weight is 273 g/mol. The van der Waals surface area contributed by atoms with Crippen LogP contribution in [0.15, 0.2) is 30.5 Å². The van der Waals surface area contributed by atoms with Gasteiger partial charge in [0.25, 0.3) is 11.6 Å². The van der Waals surface area contributed by atoms with Gasteiger partial charge in [-0.3, -0.25) is 14.9 Å². The van der Waals surface area contributed by atoms with E-state index in [-0.39, 0.29) is 17.1 Å². The minimum absolute atomic E-state index is 0.0671. The number of hydrogen-bond acceptors (Lipinski definition) is 6. The second-order valence-electron chi connectivity index (χ2n) is 4.00. The fraction of sp³-hybridized carbons (Fsp3) is 0.0833. The van der Waals surface area contributed by atoms with E-state index < -0.39 is 10.8 Å². The number of nitrogen functional groups attached to an aromatic ring is 1. The predicted molar refractivity (Wildman–Crippen MR) is 72.2 cm³/mol. The van der Waals surface area contributed by atoms with Crippen LogP contribution in [0.3, 0.4) is 0 Å². The lowest BCUT2D eigenvalue weighted by Gasteiger charge is -2.06. The molecule has 8 heteroatoms. The zero-order valence-corrected chi connectivity index (χ0v) is 10.5. The highest BCUT2D eigenvalue weighted by atomic mass is 16.6. The lowest BCUT2D eigenvalue weighted by Crippen LogP contribution is -2.16. The van der Waals surface area contributed by atoms with Crippen molar-refractivity contribution in [3.05, 3.63) is 51.8 Å². The van der Waals surface area contributed by atoms with Crippen molar-refractivity contribution in [2.24, 2.45) is 0 Å². The summed E-state index contributed by atoms with van der Waals surface area (Å²) in [4.78, 5) is 29.8. The number of anilines is 2. The Labute approximate surface area is 113 Å². The molecule has 0 bridgehead atoms. The highest BCUT2D eigenvalue weighted by Gasteiger charge is 2.17. The van der Waals surface area contributed by atoms with Gasteiger partial charge in [-0.25, -0.2) is 9.97 Å². The van der Waals surface area contributed by atoms with Crippen molar-refractivity contribution in [2.75, 3.05) is 11.1 Å². The zero-order chi connectivity index (χ0) is 14.7. The molecule has 8 nitrogen and oxygen atoms in total. The Morgan fingerprint density at radius 3 is 2.85 bits per heavy atom. The predicted octanol–water partition coefficient (Wildman–Crippen LogP) is 1.53. The molecule has 0 saturated carbocycles. The topological polar surface area (TPSA) is 124 Å². The van der Waals surface area contributed by atoms with Gasteiger partial charge in [0, 0.05) is 11.8 Å². The van der Waals surface area contributed by atoms with Crippen LogP contribution in [0.5, 0.6) is 0 Å². The zero-order valence-electron chi connectivity index (χ0n) is 10.5. The summed E-state index contributed by atoms with van der Waals surface area (Å²) in [5.41, 5.74) is 5.92. The number of nitrogens with one attached hydrogen (secondary N) is 1. The summed E-state index contributed by atoms with van der Waals surface area (Å²) in [7, 11) is 0. The molecule has 2 heterocycles. The second kappa shape index (κ2) is 5.31. The fourth-order valence-corrected chi connectivity index (χ4v) is 1.54. The first-order valence-electron chi connectivity index (χ1n) is 5.62. The molecular formula is C12H11N5O3. The molecule has 0 radical (unpaired) electrons. The van der Waals surface area contributed by atoms with Gasteiger partial charge in [-0.15, -0.1) is 0 Å². The Hall–Kier alpha value is -3.03. The highest BCUT2D eigenvalue weighted by molar-refractivity contribution is 6.07. The number of aryl methyl sites for hydroxylation is 1. The Bertz CT molecular complexity index is 687. The van der Waals surface area contributed by atoms with E-state index in [2.05, 4.69) is 15.3 Å². The van der Waals surface area contributed by atoms with E-state index in [4.69, 9.17) is 5.73 Å². The number of nitrogens with zero attached hydrogens (tertiary/aromatic N) is 3. The van der Waals surface area contributed by atoms with Gasteiger partial charge < -0.3 is 11.1 Å². The SMILES string of the molecule is Cc1cccc(NC(=O)c2cc([N+](=O)[O-])cnc2N)n1. The van der Waals surface area contributed by atoms with E-state index in [9.17, 15) is 14.9 Å². The van der Waals surface area contributed by atoms with Gasteiger partial charge in [-0.1, -0.05) is 6.07 Å². The number of pyridine rings is 2. The van der Waals surface area contributed by atoms with E-state index in [1.165, 1.54) is 0 Å². The number of rotatable bonds is 3. The van der Waals surface area contributed by atoms with Crippen LogP contribution in [0.1, 0.15) is 16.1 Å². The van der Waals surface area contributed by atoms with Crippen molar-refractivity contribution in [3.8, 4) is 0 Å². The molecule has 0 fully saturated rings. The Morgan fingerprint density at radius 1 is 1.45 bits per heavy atom. The first-order valence-corrected chi connectivity index (χ1v) is 5.62. The van der Waals surface area contributed by atoms with E-state index in [0.29, 0.717) is 5.82 Å². The minimum atomic E-state index is -0.645. The molecule has 2 aromatic rings. The number of nitro groups is 1. The Morgan fingerprint density at radius 2 is 2.20 bits per heavy atom. The molecule has 0 spiro atoms. The summed E-state index contributed by atoms with van der Waals surface area (Å²) in [5.74, 6) is -0.349. The van der Waals surface area contributed by atoms with Gasteiger partial charge in [0.05, 0.1) is 10.5 Å². The largest absolute Gasteiger partial charge is 0.383 e. The number of hydrogen-bond donors (Lipinski definition) is 2. The van der Waals surface area contributed by atoms with E-state index >= 15 is 0 Å². The molecule has 0 aliphatic heterocycles. The first-order chi connectivity index (χ1) is 9.47. The molecule has 0 atom stereocenters. The maximum Gasteiger partial charge on any atom is 0.288 e. The van der Waals surface area contributed by atoms with Crippen LogP contribution < -0.4 is 11.1 Å². The molecule has 102 valence electrons. The number of amides is 1. The van der Waals surface area contributed by atoms with Crippen LogP contribution >= 0.6 is 0 Å². The van der Waals surface area contributed by atoms with E-state index in [0.717, 1.165) is 18.0 Å². The molecule has 0 aliphatic rings. The van der Waals surface area contributed by atoms with Crippen LogP contribution in [-0.4, -0.2) is 20.8 Å². The van der Waals surface area contributed by atoms with E-state index in [1.807, 2.05) is 0 Å². The number of carbonyl (C=O) groups excluding carboxylic acids is 1. The summed E-state index contributed by atoms with van der Waals surface area (Å²) in [6.07, 6.45) is 0.997. The summed E-state index contributed by atoms with van der Waals surface area (Å²) >= 11 is 0. The lowest BCUT2D eigenvalue weighted by molar-refractivity contribution is -0.385. The van der Waals surface area contributed by atoms with Crippen molar-refractivity contribution >= 4 is 23.2 Å². The van der Waals surface area contributed by atoms with Crippen LogP contribution in [0.4, 0.5) is 17.3 Å². The minimum Gasteiger partial charge on any atom is -0.383 e. The Kier molecular flexibility index (Phi) is 3.56. The van der Waals surface area contributed by atoms with Crippen molar-refractivity contribution < 1.29 is 9.72 Å². The fourth-order valence-electron chi connectivity index (χ4n) is 1.54. The molecular weight excluding hydrogens is 262 g/mol. The van der Waals surface area contributed by atoms with Crippen LogP contribution in [-0.2, 0) is 0 Å². The molecule has 2 aromatic heterocycles. The third kappa shape index (κ3) is 2.86. The van der Waals surface area contributed by atoms with Crippen LogP contribution in [0.25, 0.3) is 0 Å². The van der Waals surface area contributed by atoms with Gasteiger partial charge in [0.2, 0.25) is 0 Å². The first kappa shape index (κ1) is 13.4. The molecule has 0 saturated heterocycles. The summed E-state index contributed by atoms with van der Waals surface area (Å²) in [6, 6.07) is 6.19. The quantitative estimate of drug-likeness (QED) is 0.645. The maximum absolute atomic E-state index is 12.0. The third-order valence-corrected chi connectivity index (χ3v) is 2.49. The van der Waals surface area contributed by atoms with Crippen molar-refractivity contribution in [1.82, 2.24) is 9.97 Å². The standard InChI is InChI=1S/C12H11N5O3/c1-7-3-2-4-10(15-7)16-12(18)9-5-8(17(19)20)6-14-11(9)13/h2-6H,1H3,(H2,13,14)(H,15,16,18). The average Bonchev–Trinajstić information content (AvgIpc) is 2.38. The maximum atomic E-state index is 12.0. The number of carbonyl (C=O) groups is 1. The summed E-state index contributed by atoms with van der Waals surface area (Å²) in [6.45, 7) is 1.78. The van der Waals surface area contributed by atoms with Gasteiger partial charge in [-0.2, -0.15) is 0 Å². The normalized spacial score (nSPS) is 10.1. The monoisotopic (exact) mass is 273 g/mol. The lowest BCUT2D eigenvalue weighted by atomic mass is 10.2. The number of nitrogens with two attached hydrogens (primary N) is 1. The molecule has 0 aromatic carbocycles. The molecule has 1 amide bonds. The highest BCUT2D eigenvalue weighted by Crippen LogP contribution is 2.18. The molecule has 3 N–H and O–H groups in total. The van der Waals surface area contributed by atoms with Gasteiger partial charge in [0.15, 0.2) is 0 Å². The third-order valence-electron chi connectivity index (χ3n) is 2.49. The molecule has 0 unspecified atom stereocenters. The van der Waals surface area contributed by atoms with Crippen LogP contribution in [0, 0.1) is 17.0 Å². The van der Waals surface area contributed by atoms with Crippen molar-refractivity contribution in [3.63, 3.8) is 0 Å². The molecule has 2 rings (SSSR count). The Balaban J connectivity index is 2.29. The van der Waals surface area contributed by atoms with Crippen molar-refractivity contribution in [2.45, 2.75) is 6.92 Å².